The largest absolute Gasteiger partial charge is 0.507 e. The van der Waals surface area contributed by atoms with Crippen molar-refractivity contribution in [2.75, 3.05) is 14.2 Å². The normalized spacial score (nSPS) is 20.9. The summed E-state index contributed by atoms with van der Waals surface area (Å²) < 4.78 is 16.8. The first-order chi connectivity index (χ1) is 9.35. The van der Waals surface area contributed by atoms with Crippen LogP contribution in [-0.2, 0) is 9.47 Å². The zero-order valence-electron chi connectivity index (χ0n) is 12.9. The van der Waals surface area contributed by atoms with E-state index in [-0.39, 0.29) is 0 Å². The van der Waals surface area contributed by atoms with Crippen molar-refractivity contribution in [1.29, 1.82) is 0 Å². The van der Waals surface area contributed by atoms with Gasteiger partial charge < -0.3 is 19.3 Å². The van der Waals surface area contributed by atoms with E-state index in [1.165, 1.54) is 0 Å². The van der Waals surface area contributed by atoms with Gasteiger partial charge in [-0.15, -0.1) is 0 Å². The number of phenolic OH excluding ortho intramolecular Hbond substituents is 1. The second kappa shape index (κ2) is 5.11. The summed E-state index contributed by atoms with van der Waals surface area (Å²) in [4.78, 5) is 0. The topological polar surface area (TPSA) is 47.9 Å². The molecule has 0 fully saturated rings. The standard InChI is InChI=1S/C16H22O4/c1-9-10(2)14-12(11(3)13(9)17)7-8-16(4,20-14)15(18-5)19-6/h7-8,15,17H,1-6H3. The average molecular weight is 278 g/mol. The fourth-order valence-electron chi connectivity index (χ4n) is 2.65. The number of ether oxygens (including phenoxy) is 3. The number of hydrogen-bond donors (Lipinski definition) is 1. The maximum absolute atomic E-state index is 10.1. The van der Waals surface area contributed by atoms with Gasteiger partial charge in [-0.05, 0) is 44.9 Å². The number of benzene rings is 1. The Labute approximate surface area is 120 Å². The fraction of sp³-hybridized carbons (Fsp3) is 0.500. The van der Waals surface area contributed by atoms with Gasteiger partial charge in [0.25, 0.3) is 0 Å². The van der Waals surface area contributed by atoms with Gasteiger partial charge in [-0.1, -0.05) is 6.08 Å². The van der Waals surface area contributed by atoms with Gasteiger partial charge in [-0.2, -0.15) is 0 Å². The molecule has 0 amide bonds. The highest BCUT2D eigenvalue weighted by atomic mass is 16.7. The maximum atomic E-state index is 10.1. The van der Waals surface area contributed by atoms with E-state index in [2.05, 4.69) is 0 Å². The lowest BCUT2D eigenvalue weighted by Crippen LogP contribution is -2.46. The van der Waals surface area contributed by atoms with Gasteiger partial charge in [0.05, 0.1) is 0 Å². The molecule has 20 heavy (non-hydrogen) atoms. The van der Waals surface area contributed by atoms with Gasteiger partial charge in [-0.25, -0.2) is 0 Å². The molecule has 0 bridgehead atoms. The molecule has 0 saturated heterocycles. The van der Waals surface area contributed by atoms with E-state index < -0.39 is 11.9 Å². The summed E-state index contributed by atoms with van der Waals surface area (Å²) in [5.41, 5.74) is 2.81. The minimum absolute atomic E-state index is 0.327. The van der Waals surface area contributed by atoms with Gasteiger partial charge in [0, 0.05) is 25.3 Å². The van der Waals surface area contributed by atoms with Crippen molar-refractivity contribution in [3.8, 4) is 11.5 Å². The molecule has 1 atom stereocenters. The maximum Gasteiger partial charge on any atom is 0.200 e. The molecule has 1 aliphatic rings. The quantitative estimate of drug-likeness (QED) is 0.863. The molecule has 0 radical (unpaired) electrons. The lowest BCUT2D eigenvalue weighted by molar-refractivity contribution is -0.180. The summed E-state index contributed by atoms with van der Waals surface area (Å²) in [6.45, 7) is 7.64. The van der Waals surface area contributed by atoms with Crippen LogP contribution < -0.4 is 4.74 Å². The van der Waals surface area contributed by atoms with Crippen molar-refractivity contribution in [2.45, 2.75) is 39.6 Å². The highest BCUT2D eigenvalue weighted by Gasteiger charge is 2.38. The molecule has 1 N–H and O–H groups in total. The number of aromatic hydroxyl groups is 1. The highest BCUT2D eigenvalue weighted by Crippen LogP contribution is 2.43. The molecule has 110 valence electrons. The summed E-state index contributed by atoms with van der Waals surface area (Å²) in [7, 11) is 3.18. The van der Waals surface area contributed by atoms with Crippen LogP contribution in [0.2, 0.25) is 0 Å². The summed E-state index contributed by atoms with van der Waals surface area (Å²) in [5.74, 6) is 1.11. The fourth-order valence-corrected chi connectivity index (χ4v) is 2.65. The Balaban J connectivity index is 2.56. The van der Waals surface area contributed by atoms with E-state index >= 15 is 0 Å². The first-order valence-electron chi connectivity index (χ1n) is 6.62. The molecular formula is C16H22O4. The van der Waals surface area contributed by atoms with Crippen LogP contribution in [0.5, 0.6) is 11.5 Å². The number of phenols is 1. The predicted molar refractivity (Wildman–Crippen MR) is 78.2 cm³/mol. The van der Waals surface area contributed by atoms with E-state index in [1.54, 1.807) is 14.2 Å². The summed E-state index contributed by atoms with van der Waals surface area (Å²) in [6, 6.07) is 0. The molecule has 4 nitrogen and oxygen atoms in total. The number of rotatable bonds is 3. The summed E-state index contributed by atoms with van der Waals surface area (Å²) >= 11 is 0. The van der Waals surface area contributed by atoms with Crippen LogP contribution in [-0.4, -0.2) is 31.2 Å². The number of fused-ring (bicyclic) bond motifs is 1. The van der Waals surface area contributed by atoms with Crippen molar-refractivity contribution < 1.29 is 19.3 Å². The highest BCUT2D eigenvalue weighted by molar-refractivity contribution is 5.71. The summed E-state index contributed by atoms with van der Waals surface area (Å²) in [6.07, 6.45) is 3.38. The summed E-state index contributed by atoms with van der Waals surface area (Å²) in [5, 5.41) is 10.1. The Hall–Kier alpha value is -1.52. The molecule has 0 saturated carbocycles. The zero-order chi connectivity index (χ0) is 15.1. The molecule has 1 unspecified atom stereocenters. The van der Waals surface area contributed by atoms with Crippen LogP contribution in [0.25, 0.3) is 6.08 Å². The molecule has 0 spiro atoms. The lowest BCUT2D eigenvalue weighted by Gasteiger charge is -2.37. The molecule has 1 aromatic carbocycles. The van der Waals surface area contributed by atoms with Crippen molar-refractivity contribution in [3.05, 3.63) is 28.3 Å². The smallest absolute Gasteiger partial charge is 0.200 e. The van der Waals surface area contributed by atoms with Crippen molar-refractivity contribution in [2.24, 2.45) is 0 Å². The molecule has 1 aromatic rings. The third kappa shape index (κ3) is 2.09. The van der Waals surface area contributed by atoms with Gasteiger partial charge in [0.2, 0.25) is 6.29 Å². The van der Waals surface area contributed by atoms with Crippen LogP contribution >= 0.6 is 0 Å². The third-order valence-electron chi connectivity index (χ3n) is 4.06. The Kier molecular flexibility index (Phi) is 3.80. The van der Waals surface area contributed by atoms with Crippen molar-refractivity contribution in [3.63, 3.8) is 0 Å². The van der Waals surface area contributed by atoms with E-state index in [0.29, 0.717) is 5.75 Å². The van der Waals surface area contributed by atoms with E-state index in [1.807, 2.05) is 39.8 Å². The zero-order valence-corrected chi connectivity index (χ0v) is 12.9. The SMILES string of the molecule is COC(OC)C1(C)C=Cc2c(C)c(O)c(C)c(C)c2O1. The third-order valence-corrected chi connectivity index (χ3v) is 4.06. The Morgan fingerprint density at radius 1 is 1.10 bits per heavy atom. The van der Waals surface area contributed by atoms with Crippen LogP contribution in [0.4, 0.5) is 0 Å². The van der Waals surface area contributed by atoms with E-state index in [4.69, 9.17) is 14.2 Å². The van der Waals surface area contributed by atoms with Crippen LogP contribution in [0.3, 0.4) is 0 Å². The molecule has 1 heterocycles. The molecule has 0 aromatic heterocycles. The first-order valence-corrected chi connectivity index (χ1v) is 6.62. The molecule has 4 heteroatoms. The van der Waals surface area contributed by atoms with Crippen molar-refractivity contribution in [1.82, 2.24) is 0 Å². The Morgan fingerprint density at radius 3 is 2.25 bits per heavy atom. The molecule has 2 rings (SSSR count). The molecule has 1 aliphatic heterocycles. The van der Waals surface area contributed by atoms with Crippen LogP contribution in [0, 0.1) is 20.8 Å². The van der Waals surface area contributed by atoms with Gasteiger partial charge in [0.15, 0.2) is 5.60 Å². The van der Waals surface area contributed by atoms with E-state index in [9.17, 15) is 5.11 Å². The Bertz CT molecular complexity index is 558. The second-order valence-electron chi connectivity index (χ2n) is 5.39. The number of methoxy groups -OCH3 is 2. The lowest BCUT2D eigenvalue weighted by atomic mass is 9.92. The monoisotopic (exact) mass is 278 g/mol. The van der Waals surface area contributed by atoms with Crippen LogP contribution in [0.15, 0.2) is 6.08 Å². The van der Waals surface area contributed by atoms with Crippen LogP contribution in [0.1, 0.15) is 29.2 Å². The first kappa shape index (κ1) is 14.9. The average Bonchev–Trinajstić information content (AvgIpc) is 2.44. The minimum Gasteiger partial charge on any atom is -0.507 e. The van der Waals surface area contributed by atoms with Gasteiger partial charge >= 0.3 is 0 Å². The minimum atomic E-state index is -0.697. The van der Waals surface area contributed by atoms with Gasteiger partial charge in [0.1, 0.15) is 11.5 Å². The number of hydrogen-bond acceptors (Lipinski definition) is 4. The Morgan fingerprint density at radius 2 is 1.70 bits per heavy atom. The van der Waals surface area contributed by atoms with E-state index in [0.717, 1.165) is 28.0 Å². The van der Waals surface area contributed by atoms with Crippen molar-refractivity contribution >= 4 is 6.08 Å². The molecular weight excluding hydrogens is 256 g/mol. The predicted octanol–water partition coefficient (Wildman–Crippen LogP) is 3.10. The molecule has 0 aliphatic carbocycles. The van der Waals surface area contributed by atoms with Gasteiger partial charge in [-0.3, -0.25) is 0 Å². The second-order valence-corrected chi connectivity index (χ2v) is 5.39.